The number of aryl methyl sites for hydroxylation is 1. The first-order valence-corrected chi connectivity index (χ1v) is 9.21. The van der Waals surface area contributed by atoms with Crippen molar-refractivity contribution in [3.8, 4) is 0 Å². The number of aromatic nitrogens is 1. The Morgan fingerprint density at radius 1 is 0.840 bits per heavy atom. The van der Waals surface area contributed by atoms with Gasteiger partial charge in [-0.1, -0.05) is 0 Å². The molecule has 2 aliphatic heterocycles. The van der Waals surface area contributed by atoms with Crippen molar-refractivity contribution in [2.24, 2.45) is 10.2 Å². The van der Waals surface area contributed by atoms with E-state index in [-0.39, 0.29) is 0 Å². The van der Waals surface area contributed by atoms with Gasteiger partial charge in [0, 0.05) is 26.2 Å². The van der Waals surface area contributed by atoms with Crippen LogP contribution in [-0.2, 0) is 0 Å². The molecule has 2 N–H and O–H groups in total. The molecule has 3 rings (SSSR count). The Labute approximate surface area is 150 Å². The summed E-state index contributed by atoms with van der Waals surface area (Å²) in [5.41, 5.74) is 11.0. The Morgan fingerprint density at radius 3 is 1.64 bits per heavy atom. The van der Waals surface area contributed by atoms with Crippen molar-refractivity contribution in [2.75, 3.05) is 26.2 Å². The summed E-state index contributed by atoms with van der Waals surface area (Å²) in [5.74, 6) is 0. The Bertz CT molecular complexity index is 589. The van der Waals surface area contributed by atoms with Crippen LogP contribution in [0.15, 0.2) is 22.3 Å². The van der Waals surface area contributed by atoms with Gasteiger partial charge in [-0.05, 0) is 64.2 Å². The van der Waals surface area contributed by atoms with Crippen LogP contribution in [-0.4, -0.2) is 52.6 Å². The summed E-state index contributed by atoms with van der Waals surface area (Å²) in [7, 11) is 0. The van der Waals surface area contributed by atoms with E-state index >= 15 is 0 Å². The quantitative estimate of drug-likeness (QED) is 0.611. The molecule has 2 fully saturated rings. The minimum atomic E-state index is 0.886. The van der Waals surface area contributed by atoms with Crippen molar-refractivity contribution in [1.29, 1.82) is 0 Å². The van der Waals surface area contributed by atoms with Crippen molar-refractivity contribution < 1.29 is 0 Å². The molecule has 0 aromatic carbocycles. The molecule has 3 heterocycles. The molecule has 7 nitrogen and oxygen atoms in total. The minimum absolute atomic E-state index is 0.886. The molecule has 2 saturated heterocycles. The Kier molecular flexibility index (Phi) is 5.99. The molecule has 25 heavy (non-hydrogen) atoms. The van der Waals surface area contributed by atoms with Gasteiger partial charge in [0.2, 0.25) is 0 Å². The fraction of sp³-hybridized carbons (Fsp3) is 0.611. The minimum Gasteiger partial charge on any atom is -0.245 e. The Balaban J connectivity index is 1.70. The van der Waals surface area contributed by atoms with Gasteiger partial charge in [0.05, 0.1) is 22.8 Å². The van der Waals surface area contributed by atoms with Crippen molar-refractivity contribution in [3.05, 3.63) is 29.1 Å². The average Bonchev–Trinajstić information content (AvgIpc) is 3.30. The van der Waals surface area contributed by atoms with E-state index in [1.807, 2.05) is 13.8 Å². The molecule has 2 aliphatic rings. The third-order valence-corrected chi connectivity index (χ3v) is 4.64. The predicted molar refractivity (Wildman–Crippen MR) is 101 cm³/mol. The highest BCUT2D eigenvalue weighted by Crippen LogP contribution is 2.09. The van der Waals surface area contributed by atoms with Gasteiger partial charge in [0.1, 0.15) is 0 Å². The van der Waals surface area contributed by atoms with Gasteiger partial charge in [-0.3, -0.25) is 0 Å². The topological polar surface area (TPSA) is 68.2 Å². The van der Waals surface area contributed by atoms with Crippen LogP contribution >= 0.6 is 0 Å². The van der Waals surface area contributed by atoms with Crippen LogP contribution in [0.3, 0.4) is 0 Å². The first-order chi connectivity index (χ1) is 12.1. The van der Waals surface area contributed by atoms with Crippen LogP contribution < -0.4 is 11.1 Å². The SMILES string of the molecule is CC(=NNN1CCCC1)c1cc(C)cc(C(C)=NNN2CCCC2)n1. The first-order valence-electron chi connectivity index (χ1n) is 9.21. The standard InChI is InChI=1S/C18H29N7/c1-14-12-17(15(2)20-22-24-8-4-5-9-24)19-18(13-14)16(3)21-23-25-10-6-7-11-25/h12-13,22-23H,4-11H2,1-3H3. The van der Waals surface area contributed by atoms with Crippen LogP contribution in [0, 0.1) is 6.92 Å². The average molecular weight is 343 g/mol. The molecular weight excluding hydrogens is 314 g/mol. The molecule has 0 spiro atoms. The van der Waals surface area contributed by atoms with Gasteiger partial charge < -0.3 is 0 Å². The number of hydrazine groups is 2. The van der Waals surface area contributed by atoms with E-state index in [2.05, 4.69) is 50.3 Å². The number of pyridine rings is 1. The molecule has 0 saturated carbocycles. The van der Waals surface area contributed by atoms with E-state index in [0.29, 0.717) is 0 Å². The maximum Gasteiger partial charge on any atom is 0.0870 e. The number of hydrogen-bond acceptors (Lipinski definition) is 7. The van der Waals surface area contributed by atoms with Crippen molar-refractivity contribution in [1.82, 2.24) is 26.1 Å². The van der Waals surface area contributed by atoms with Crippen LogP contribution in [0.25, 0.3) is 0 Å². The molecule has 0 radical (unpaired) electrons. The maximum absolute atomic E-state index is 4.75. The molecule has 1 aromatic heterocycles. The molecule has 0 bridgehead atoms. The second-order valence-corrected chi connectivity index (χ2v) is 6.90. The van der Waals surface area contributed by atoms with E-state index in [1.165, 1.54) is 25.7 Å². The number of hydrogen-bond donors (Lipinski definition) is 2. The van der Waals surface area contributed by atoms with E-state index in [4.69, 9.17) is 4.98 Å². The summed E-state index contributed by atoms with van der Waals surface area (Å²) in [6.07, 6.45) is 4.92. The highest BCUT2D eigenvalue weighted by Gasteiger charge is 2.12. The van der Waals surface area contributed by atoms with E-state index < -0.39 is 0 Å². The summed E-state index contributed by atoms with van der Waals surface area (Å²) in [6.45, 7) is 10.3. The lowest BCUT2D eigenvalue weighted by molar-refractivity contribution is 0.242. The summed E-state index contributed by atoms with van der Waals surface area (Å²) >= 11 is 0. The molecule has 136 valence electrons. The van der Waals surface area contributed by atoms with Gasteiger partial charge in [0.25, 0.3) is 0 Å². The zero-order chi connectivity index (χ0) is 17.6. The summed E-state index contributed by atoms with van der Waals surface area (Å²) in [4.78, 5) is 4.75. The lowest BCUT2D eigenvalue weighted by Gasteiger charge is -2.15. The summed E-state index contributed by atoms with van der Waals surface area (Å²) in [5, 5.41) is 13.3. The summed E-state index contributed by atoms with van der Waals surface area (Å²) < 4.78 is 0. The summed E-state index contributed by atoms with van der Waals surface area (Å²) in [6, 6.07) is 4.13. The Morgan fingerprint density at radius 2 is 1.24 bits per heavy atom. The van der Waals surface area contributed by atoms with Gasteiger partial charge in [0.15, 0.2) is 0 Å². The van der Waals surface area contributed by atoms with Gasteiger partial charge in [-0.25, -0.2) is 26.1 Å². The fourth-order valence-corrected chi connectivity index (χ4v) is 3.08. The zero-order valence-electron chi connectivity index (χ0n) is 15.5. The second-order valence-electron chi connectivity index (χ2n) is 6.90. The molecule has 7 heteroatoms. The molecule has 0 amide bonds. The lowest BCUT2D eigenvalue weighted by Crippen LogP contribution is -2.32. The molecule has 0 aliphatic carbocycles. The zero-order valence-corrected chi connectivity index (χ0v) is 15.5. The van der Waals surface area contributed by atoms with Crippen LogP contribution in [0.5, 0.6) is 0 Å². The fourth-order valence-electron chi connectivity index (χ4n) is 3.08. The molecule has 0 atom stereocenters. The van der Waals surface area contributed by atoms with E-state index in [0.717, 1.165) is 54.6 Å². The highest BCUT2D eigenvalue weighted by molar-refractivity contribution is 6.00. The largest absolute Gasteiger partial charge is 0.245 e. The second kappa shape index (κ2) is 8.40. The van der Waals surface area contributed by atoms with Crippen LogP contribution in [0.2, 0.25) is 0 Å². The lowest BCUT2D eigenvalue weighted by atomic mass is 10.1. The third kappa shape index (κ3) is 4.99. The van der Waals surface area contributed by atoms with Gasteiger partial charge in [-0.15, -0.1) is 0 Å². The van der Waals surface area contributed by atoms with Crippen molar-refractivity contribution in [3.63, 3.8) is 0 Å². The van der Waals surface area contributed by atoms with Crippen molar-refractivity contribution in [2.45, 2.75) is 46.5 Å². The number of nitrogens with one attached hydrogen (secondary N) is 2. The highest BCUT2D eigenvalue weighted by atomic mass is 15.7. The number of hydrazone groups is 2. The Hall–Kier alpha value is -1.99. The van der Waals surface area contributed by atoms with E-state index in [1.54, 1.807) is 0 Å². The molecule has 0 unspecified atom stereocenters. The monoisotopic (exact) mass is 343 g/mol. The van der Waals surface area contributed by atoms with E-state index in [9.17, 15) is 0 Å². The first kappa shape index (κ1) is 17.8. The van der Waals surface area contributed by atoms with Gasteiger partial charge in [-0.2, -0.15) is 10.2 Å². The van der Waals surface area contributed by atoms with Crippen LogP contribution in [0.1, 0.15) is 56.5 Å². The molecule has 1 aromatic rings. The smallest absolute Gasteiger partial charge is 0.0870 e. The van der Waals surface area contributed by atoms with Crippen LogP contribution in [0.4, 0.5) is 0 Å². The third-order valence-electron chi connectivity index (χ3n) is 4.64. The number of rotatable bonds is 6. The molecular formula is C18H29N7. The van der Waals surface area contributed by atoms with Crippen molar-refractivity contribution >= 4 is 11.4 Å². The predicted octanol–water partition coefficient (Wildman–Crippen LogP) is 2.04. The number of nitrogens with zero attached hydrogens (tertiary/aromatic N) is 5. The maximum atomic E-state index is 4.75. The normalized spacial score (nSPS) is 20.3. The van der Waals surface area contributed by atoms with Gasteiger partial charge >= 0.3 is 0 Å².